The number of unbranched alkanes of at least 4 members (excludes halogenated alkanes) is 1. The van der Waals surface area contributed by atoms with E-state index in [1.165, 1.54) is 0 Å². The van der Waals surface area contributed by atoms with E-state index in [0.717, 1.165) is 33.0 Å². The summed E-state index contributed by atoms with van der Waals surface area (Å²) in [4.78, 5) is 88.0. The fourth-order valence-corrected chi connectivity index (χ4v) is 10.1. The van der Waals surface area contributed by atoms with Gasteiger partial charge in [-0.05, 0) is 98.2 Å². The van der Waals surface area contributed by atoms with Gasteiger partial charge in [0.2, 0.25) is 0 Å². The highest BCUT2D eigenvalue weighted by Gasteiger charge is 2.47. The number of aromatic nitrogens is 4. The van der Waals surface area contributed by atoms with E-state index >= 15 is 0 Å². The number of cyclic esters (lactones) is 2. The second-order valence-corrected chi connectivity index (χ2v) is 17.4. The third-order valence-electron chi connectivity index (χ3n) is 13.8. The number of carbonyl (C=O) groups is 4. The quantitative estimate of drug-likeness (QED) is 0.0957. The first-order chi connectivity index (χ1) is 32.7. The molecule has 4 N–H and O–H groups in total. The van der Waals surface area contributed by atoms with Crippen molar-refractivity contribution in [2.45, 2.75) is 104 Å². The number of esters is 2. The van der Waals surface area contributed by atoms with Crippen LogP contribution in [0, 0.1) is 0 Å². The average molecular weight is 925 g/mol. The Morgan fingerprint density at radius 2 is 1.04 bits per heavy atom. The number of carbonyl (C=O) groups excluding carboxylic acids is 4. The molecule has 0 radical (unpaired) electrons. The fraction of sp³-hybridized carbons (Fsp3) is 0.360. The summed E-state index contributed by atoms with van der Waals surface area (Å²) in [7, 11) is 0. The minimum atomic E-state index is -1.92. The number of nitrogens with zero attached hydrogens (tertiary/aromatic N) is 4. The SMILES string of the molecule is CCc1c2c(nc3ccc(OC(=O)NCCCCNC(=O)Oc4ccc5nc6c(c(CC)c5c4)Cn4c-6cc5c(c4=O)COC(=O)[C@]5(O)CC)cc13)-c1cc3c(c(=O)n1C2)COC(=O)[C@]3(O)CC. The summed E-state index contributed by atoms with van der Waals surface area (Å²) in [5.41, 5.74) is 3.49. The van der Waals surface area contributed by atoms with Gasteiger partial charge in [0, 0.05) is 46.1 Å². The van der Waals surface area contributed by atoms with Crippen LogP contribution in [-0.2, 0) is 69.4 Å². The van der Waals surface area contributed by atoms with Gasteiger partial charge in [0.05, 0.1) is 58.0 Å². The van der Waals surface area contributed by atoms with Gasteiger partial charge in [-0.25, -0.2) is 29.1 Å². The number of rotatable bonds is 11. The van der Waals surface area contributed by atoms with E-state index in [2.05, 4.69) is 10.6 Å². The van der Waals surface area contributed by atoms with Gasteiger partial charge in [0.15, 0.2) is 11.2 Å². The van der Waals surface area contributed by atoms with E-state index in [4.69, 9.17) is 28.9 Å². The molecule has 0 saturated heterocycles. The topological polar surface area (TPSA) is 239 Å². The highest BCUT2D eigenvalue weighted by atomic mass is 16.6. The zero-order valence-electron chi connectivity index (χ0n) is 37.9. The van der Waals surface area contributed by atoms with Crippen molar-refractivity contribution in [3.05, 3.63) is 114 Å². The maximum absolute atomic E-state index is 13.7. The van der Waals surface area contributed by atoms with Crippen molar-refractivity contribution in [1.82, 2.24) is 29.7 Å². The lowest BCUT2D eigenvalue weighted by Crippen LogP contribution is -2.44. The first-order valence-electron chi connectivity index (χ1n) is 22.9. The fourth-order valence-electron chi connectivity index (χ4n) is 10.1. The average Bonchev–Trinajstić information content (AvgIpc) is 3.89. The first kappa shape index (κ1) is 44.4. The molecule has 0 unspecified atom stereocenters. The molecule has 350 valence electrons. The van der Waals surface area contributed by atoms with Gasteiger partial charge >= 0.3 is 24.1 Å². The molecule has 4 aliphatic rings. The lowest BCUT2D eigenvalue weighted by molar-refractivity contribution is -0.172. The minimum Gasteiger partial charge on any atom is -0.458 e. The van der Waals surface area contributed by atoms with E-state index in [9.17, 15) is 39.0 Å². The third kappa shape index (κ3) is 6.91. The van der Waals surface area contributed by atoms with Crippen LogP contribution in [0.25, 0.3) is 44.6 Å². The van der Waals surface area contributed by atoms with Crippen LogP contribution in [-0.4, -0.2) is 66.5 Å². The second-order valence-electron chi connectivity index (χ2n) is 17.4. The smallest absolute Gasteiger partial charge is 0.412 e. The van der Waals surface area contributed by atoms with Gasteiger partial charge in [-0.1, -0.05) is 27.7 Å². The molecule has 2 atom stereocenters. The summed E-state index contributed by atoms with van der Waals surface area (Å²) in [6, 6.07) is 13.6. The number of benzene rings is 2. The first-order valence-corrected chi connectivity index (χ1v) is 22.9. The Hall–Kier alpha value is -7.44. The van der Waals surface area contributed by atoms with Gasteiger partial charge in [-0.15, -0.1) is 0 Å². The summed E-state index contributed by atoms with van der Waals surface area (Å²) in [6.07, 6.45) is 1.05. The summed E-state index contributed by atoms with van der Waals surface area (Å²) in [5.74, 6) is -0.949. The van der Waals surface area contributed by atoms with Crippen molar-refractivity contribution in [2.24, 2.45) is 0 Å². The van der Waals surface area contributed by atoms with Crippen LogP contribution in [0.4, 0.5) is 9.59 Å². The van der Waals surface area contributed by atoms with Crippen molar-refractivity contribution >= 4 is 45.9 Å². The van der Waals surface area contributed by atoms with Crippen LogP contribution in [0.5, 0.6) is 11.5 Å². The molecule has 18 nitrogen and oxygen atoms in total. The van der Waals surface area contributed by atoms with Crippen molar-refractivity contribution in [2.75, 3.05) is 13.1 Å². The Labute approximate surface area is 387 Å². The number of fused-ring (bicyclic) bond motifs is 10. The molecule has 0 saturated carbocycles. The number of nitrogens with one attached hydrogen (secondary N) is 2. The highest BCUT2D eigenvalue weighted by molar-refractivity contribution is 5.92. The number of aliphatic hydroxyl groups is 2. The molecule has 4 aromatic heterocycles. The Morgan fingerprint density at radius 1 is 0.632 bits per heavy atom. The van der Waals surface area contributed by atoms with Gasteiger partial charge in [-0.3, -0.25) is 9.59 Å². The lowest BCUT2D eigenvalue weighted by atomic mass is 9.86. The van der Waals surface area contributed by atoms with Crippen molar-refractivity contribution in [3.63, 3.8) is 0 Å². The molecule has 2 aromatic carbocycles. The minimum absolute atomic E-state index is 0.0462. The lowest BCUT2D eigenvalue weighted by Gasteiger charge is -2.31. The number of hydrogen-bond acceptors (Lipinski definition) is 14. The van der Waals surface area contributed by atoms with Gasteiger partial charge in [0.1, 0.15) is 24.7 Å². The van der Waals surface area contributed by atoms with Crippen molar-refractivity contribution < 1.29 is 48.3 Å². The number of ether oxygens (including phenoxy) is 4. The van der Waals surface area contributed by atoms with Crippen molar-refractivity contribution in [3.8, 4) is 34.3 Å². The van der Waals surface area contributed by atoms with Crippen LogP contribution < -0.4 is 31.2 Å². The van der Waals surface area contributed by atoms with Crippen molar-refractivity contribution in [1.29, 1.82) is 0 Å². The van der Waals surface area contributed by atoms with Crippen LogP contribution in [0.1, 0.15) is 97.9 Å². The Bertz CT molecular complexity index is 3100. The summed E-state index contributed by atoms with van der Waals surface area (Å²) < 4.78 is 24.9. The molecule has 0 bridgehead atoms. The van der Waals surface area contributed by atoms with E-state index in [-0.39, 0.29) is 85.6 Å². The van der Waals surface area contributed by atoms with Crippen LogP contribution in [0.2, 0.25) is 0 Å². The molecule has 0 aliphatic carbocycles. The molecular weight excluding hydrogens is 877 g/mol. The van der Waals surface area contributed by atoms with E-state index < -0.39 is 35.3 Å². The number of amides is 2. The molecule has 68 heavy (non-hydrogen) atoms. The molecule has 8 heterocycles. The molecule has 6 aromatic rings. The van der Waals surface area contributed by atoms with E-state index in [0.29, 0.717) is 71.0 Å². The molecule has 0 spiro atoms. The number of hydrogen-bond donors (Lipinski definition) is 4. The summed E-state index contributed by atoms with van der Waals surface area (Å²) in [5, 5.41) is 29.5. The van der Waals surface area contributed by atoms with Gasteiger partial charge in [-0.2, -0.15) is 0 Å². The predicted molar refractivity (Wildman–Crippen MR) is 245 cm³/mol. The third-order valence-corrected chi connectivity index (χ3v) is 13.8. The second kappa shape index (κ2) is 16.7. The summed E-state index contributed by atoms with van der Waals surface area (Å²) in [6.45, 7) is 7.94. The van der Waals surface area contributed by atoms with E-state index in [1.54, 1.807) is 71.5 Å². The molecule has 2 amide bonds. The standard InChI is InChI=1S/C50H48N6O12/c1-5-27-29-17-25(11-13-37(29)53-41-31(27)21-55-39(41)19-35-33(43(55)57)23-65-45(59)49(35,63)7-3)67-47(61)51-15-9-10-16-52-48(62)68-26-12-14-38-30(18-26)28(6-2)32-22-56-40(42(32)54-38)20-36-34(44(56)58)24-66-46(60)50(36,64)8-4/h11-14,17-20,63-64H,5-10,15-16,21-24H2,1-4H3,(H,51,61)(H,52,62)/t49-,50-/m0/s1. The van der Waals surface area contributed by atoms with Crippen LogP contribution in [0.15, 0.2) is 58.1 Å². The summed E-state index contributed by atoms with van der Waals surface area (Å²) >= 11 is 0. The molecular formula is C50H48N6O12. The zero-order chi connectivity index (χ0) is 47.8. The van der Waals surface area contributed by atoms with Crippen LogP contribution in [0.3, 0.4) is 0 Å². The normalized spacial score (nSPS) is 18.4. The van der Waals surface area contributed by atoms with Crippen LogP contribution >= 0.6 is 0 Å². The largest absolute Gasteiger partial charge is 0.458 e. The van der Waals surface area contributed by atoms with E-state index in [1.807, 2.05) is 13.8 Å². The zero-order valence-corrected chi connectivity index (χ0v) is 37.9. The van der Waals surface area contributed by atoms with Gasteiger partial charge in [0.25, 0.3) is 11.1 Å². The maximum Gasteiger partial charge on any atom is 0.412 e. The predicted octanol–water partition coefficient (Wildman–Crippen LogP) is 5.25. The number of pyridine rings is 4. The van der Waals surface area contributed by atoms with Gasteiger partial charge < -0.3 is 48.9 Å². The molecule has 18 heteroatoms. The monoisotopic (exact) mass is 924 g/mol. The maximum atomic E-state index is 13.7. The Morgan fingerprint density at radius 3 is 1.43 bits per heavy atom. The Balaban J connectivity index is 0.743. The molecule has 4 aliphatic heterocycles. The Kier molecular flexibility index (Phi) is 10.9. The molecule has 10 rings (SSSR count). The highest BCUT2D eigenvalue weighted by Crippen LogP contribution is 2.43. The number of aryl methyl sites for hydroxylation is 2. The molecule has 0 fully saturated rings.